The van der Waals surface area contributed by atoms with Crippen molar-refractivity contribution < 1.29 is 4.74 Å². The van der Waals surface area contributed by atoms with Crippen molar-refractivity contribution >= 4 is 0 Å². The molecular weight excluding hydrogens is 138 g/mol. The lowest BCUT2D eigenvalue weighted by atomic mass is 10.1. The Bertz CT molecular complexity index is 102. The van der Waals surface area contributed by atoms with Gasteiger partial charge >= 0.3 is 0 Å². The van der Waals surface area contributed by atoms with Crippen LogP contribution in [-0.4, -0.2) is 19.3 Å². The first-order chi connectivity index (χ1) is 5.22. The molecule has 0 saturated carbocycles. The van der Waals surface area contributed by atoms with E-state index in [-0.39, 0.29) is 6.10 Å². The van der Waals surface area contributed by atoms with E-state index in [2.05, 4.69) is 20.4 Å². The molecule has 0 aliphatic rings. The molecule has 0 spiro atoms. The maximum absolute atomic E-state index is 5.51. The van der Waals surface area contributed by atoms with Crippen LogP contribution in [0, 0.1) is 5.92 Å². The van der Waals surface area contributed by atoms with Crippen molar-refractivity contribution in [2.45, 2.75) is 26.4 Å². The third kappa shape index (κ3) is 4.99. The van der Waals surface area contributed by atoms with E-state index in [0.29, 0.717) is 12.5 Å². The van der Waals surface area contributed by atoms with Gasteiger partial charge in [-0.15, -0.1) is 6.58 Å². The molecule has 0 aromatic rings. The summed E-state index contributed by atoms with van der Waals surface area (Å²) in [5.74, 6) is 0.504. The van der Waals surface area contributed by atoms with E-state index in [1.807, 2.05) is 6.08 Å². The average molecular weight is 157 g/mol. The molecule has 0 bridgehead atoms. The highest BCUT2D eigenvalue weighted by molar-refractivity contribution is 4.67. The Morgan fingerprint density at radius 3 is 2.55 bits per heavy atom. The van der Waals surface area contributed by atoms with Crippen LogP contribution in [0.4, 0.5) is 0 Å². The molecule has 1 atom stereocenters. The van der Waals surface area contributed by atoms with Crippen LogP contribution in [-0.2, 0) is 4.74 Å². The van der Waals surface area contributed by atoms with Crippen molar-refractivity contribution in [2.75, 3.05) is 13.2 Å². The summed E-state index contributed by atoms with van der Waals surface area (Å²) in [4.78, 5) is 0. The second-order valence-corrected chi connectivity index (χ2v) is 2.97. The van der Waals surface area contributed by atoms with Crippen molar-refractivity contribution in [1.82, 2.24) is 0 Å². The zero-order valence-corrected chi connectivity index (χ0v) is 7.55. The van der Waals surface area contributed by atoms with E-state index in [9.17, 15) is 0 Å². The van der Waals surface area contributed by atoms with E-state index in [1.54, 1.807) is 0 Å². The van der Waals surface area contributed by atoms with Crippen LogP contribution in [0.1, 0.15) is 20.3 Å². The number of hydrogen-bond donors (Lipinski definition) is 1. The van der Waals surface area contributed by atoms with Crippen LogP contribution < -0.4 is 5.73 Å². The molecule has 0 aliphatic heterocycles. The van der Waals surface area contributed by atoms with E-state index < -0.39 is 0 Å². The molecule has 0 heterocycles. The first kappa shape index (κ1) is 10.7. The molecular formula is C9H19NO. The number of rotatable bonds is 6. The molecule has 0 amide bonds. The Hall–Kier alpha value is -0.340. The van der Waals surface area contributed by atoms with Crippen LogP contribution in [0.15, 0.2) is 12.7 Å². The third-order valence-electron chi connectivity index (χ3n) is 1.63. The van der Waals surface area contributed by atoms with Gasteiger partial charge in [0.15, 0.2) is 0 Å². The van der Waals surface area contributed by atoms with Gasteiger partial charge in [-0.2, -0.15) is 0 Å². The van der Waals surface area contributed by atoms with Gasteiger partial charge in [-0.25, -0.2) is 0 Å². The monoisotopic (exact) mass is 157 g/mol. The number of ether oxygens (including phenoxy) is 1. The van der Waals surface area contributed by atoms with Crippen LogP contribution in [0.5, 0.6) is 0 Å². The summed E-state index contributed by atoms with van der Waals surface area (Å²) in [5.41, 5.74) is 5.51. The minimum Gasteiger partial charge on any atom is -0.376 e. The van der Waals surface area contributed by atoms with Gasteiger partial charge in [-0.05, 0) is 12.3 Å². The van der Waals surface area contributed by atoms with Crippen LogP contribution in [0.2, 0.25) is 0 Å². The zero-order chi connectivity index (χ0) is 8.69. The SMILES string of the molecule is C=CCCOC(CN)C(C)C. The zero-order valence-electron chi connectivity index (χ0n) is 7.55. The van der Waals surface area contributed by atoms with Gasteiger partial charge in [-0.1, -0.05) is 19.9 Å². The Kier molecular flexibility index (Phi) is 6.18. The molecule has 0 aromatic carbocycles. The van der Waals surface area contributed by atoms with Crippen molar-refractivity contribution in [3.63, 3.8) is 0 Å². The summed E-state index contributed by atoms with van der Waals surface area (Å²) < 4.78 is 5.50. The lowest BCUT2D eigenvalue weighted by molar-refractivity contribution is 0.0315. The summed E-state index contributed by atoms with van der Waals surface area (Å²) in [6.07, 6.45) is 2.96. The van der Waals surface area contributed by atoms with Crippen LogP contribution in [0.25, 0.3) is 0 Å². The summed E-state index contributed by atoms with van der Waals surface area (Å²) in [5, 5.41) is 0. The summed E-state index contributed by atoms with van der Waals surface area (Å²) in [6.45, 7) is 9.20. The lowest BCUT2D eigenvalue weighted by Gasteiger charge is -2.18. The van der Waals surface area contributed by atoms with Gasteiger partial charge in [0, 0.05) is 6.54 Å². The Morgan fingerprint density at radius 1 is 1.55 bits per heavy atom. The molecule has 66 valence electrons. The number of hydrogen-bond acceptors (Lipinski definition) is 2. The first-order valence-electron chi connectivity index (χ1n) is 4.15. The normalized spacial score (nSPS) is 13.5. The van der Waals surface area contributed by atoms with Crippen molar-refractivity contribution in [3.8, 4) is 0 Å². The molecule has 11 heavy (non-hydrogen) atoms. The molecule has 1 unspecified atom stereocenters. The first-order valence-corrected chi connectivity index (χ1v) is 4.15. The Labute approximate surface area is 69.4 Å². The quantitative estimate of drug-likeness (QED) is 0.469. The summed E-state index contributed by atoms with van der Waals surface area (Å²) in [6, 6.07) is 0. The second kappa shape index (κ2) is 6.38. The Morgan fingerprint density at radius 2 is 2.18 bits per heavy atom. The van der Waals surface area contributed by atoms with Crippen molar-refractivity contribution in [1.29, 1.82) is 0 Å². The molecule has 2 nitrogen and oxygen atoms in total. The summed E-state index contributed by atoms with van der Waals surface area (Å²) in [7, 11) is 0. The highest BCUT2D eigenvalue weighted by Crippen LogP contribution is 2.04. The lowest BCUT2D eigenvalue weighted by Crippen LogP contribution is -2.29. The average Bonchev–Trinajstić information content (AvgIpc) is 1.97. The van der Waals surface area contributed by atoms with Gasteiger partial charge in [0.2, 0.25) is 0 Å². The largest absolute Gasteiger partial charge is 0.376 e. The summed E-state index contributed by atoms with van der Waals surface area (Å²) >= 11 is 0. The maximum Gasteiger partial charge on any atom is 0.0720 e. The standard InChI is InChI=1S/C9H19NO/c1-4-5-6-11-9(7-10)8(2)3/h4,8-9H,1,5-7,10H2,2-3H3. The number of nitrogens with two attached hydrogens (primary N) is 1. The van der Waals surface area contributed by atoms with Gasteiger partial charge in [-0.3, -0.25) is 0 Å². The Balaban J connectivity index is 3.43. The van der Waals surface area contributed by atoms with Gasteiger partial charge in [0.05, 0.1) is 12.7 Å². The van der Waals surface area contributed by atoms with Gasteiger partial charge in [0.1, 0.15) is 0 Å². The van der Waals surface area contributed by atoms with E-state index >= 15 is 0 Å². The molecule has 0 aromatic heterocycles. The van der Waals surface area contributed by atoms with Gasteiger partial charge < -0.3 is 10.5 Å². The van der Waals surface area contributed by atoms with Crippen molar-refractivity contribution in [2.24, 2.45) is 11.7 Å². The molecule has 2 N–H and O–H groups in total. The van der Waals surface area contributed by atoms with E-state index in [4.69, 9.17) is 10.5 Å². The highest BCUT2D eigenvalue weighted by atomic mass is 16.5. The fourth-order valence-electron chi connectivity index (χ4n) is 0.835. The maximum atomic E-state index is 5.51. The fourth-order valence-corrected chi connectivity index (χ4v) is 0.835. The second-order valence-electron chi connectivity index (χ2n) is 2.97. The topological polar surface area (TPSA) is 35.2 Å². The van der Waals surface area contributed by atoms with E-state index in [0.717, 1.165) is 13.0 Å². The molecule has 0 fully saturated rings. The molecule has 0 rings (SSSR count). The highest BCUT2D eigenvalue weighted by Gasteiger charge is 2.10. The predicted octanol–water partition coefficient (Wildman–Crippen LogP) is 1.56. The third-order valence-corrected chi connectivity index (χ3v) is 1.63. The fraction of sp³-hybridized carbons (Fsp3) is 0.778. The molecule has 0 aliphatic carbocycles. The van der Waals surface area contributed by atoms with E-state index in [1.165, 1.54) is 0 Å². The molecule has 0 radical (unpaired) electrons. The minimum atomic E-state index is 0.204. The van der Waals surface area contributed by atoms with Crippen LogP contribution >= 0.6 is 0 Å². The van der Waals surface area contributed by atoms with Gasteiger partial charge in [0.25, 0.3) is 0 Å². The van der Waals surface area contributed by atoms with Crippen molar-refractivity contribution in [3.05, 3.63) is 12.7 Å². The predicted molar refractivity (Wildman–Crippen MR) is 48.4 cm³/mol. The molecule has 2 heteroatoms. The van der Waals surface area contributed by atoms with Crippen LogP contribution in [0.3, 0.4) is 0 Å². The minimum absolute atomic E-state index is 0.204. The molecule has 0 saturated heterocycles. The smallest absolute Gasteiger partial charge is 0.0720 e.